The van der Waals surface area contributed by atoms with E-state index in [1.807, 2.05) is 24.3 Å². The van der Waals surface area contributed by atoms with Crippen molar-refractivity contribution < 1.29 is 9.47 Å². The van der Waals surface area contributed by atoms with Gasteiger partial charge < -0.3 is 15.2 Å². The van der Waals surface area contributed by atoms with Crippen LogP contribution in [0.2, 0.25) is 0 Å². The number of nitrogens with two attached hydrogens (primary N) is 1. The van der Waals surface area contributed by atoms with Crippen LogP contribution < -0.4 is 5.73 Å². The maximum Gasteiger partial charge on any atom is 0.105 e. The average molecular weight is 272 g/mol. The molecule has 2 N–H and O–H groups in total. The van der Waals surface area contributed by atoms with Gasteiger partial charge in [0, 0.05) is 11.0 Å². The van der Waals surface area contributed by atoms with Crippen LogP contribution in [0.25, 0.3) is 0 Å². The van der Waals surface area contributed by atoms with Crippen molar-refractivity contribution in [2.45, 2.75) is 12.2 Å². The second-order valence-electron chi connectivity index (χ2n) is 3.54. The zero-order chi connectivity index (χ0) is 10.7. The molecule has 0 amide bonds. The van der Waals surface area contributed by atoms with E-state index in [0.29, 0.717) is 19.8 Å². The highest BCUT2D eigenvalue weighted by atomic mass is 79.9. The first-order valence-electron chi connectivity index (χ1n) is 4.99. The van der Waals surface area contributed by atoms with Crippen LogP contribution in [-0.4, -0.2) is 25.9 Å². The summed E-state index contributed by atoms with van der Waals surface area (Å²) in [6.45, 7) is 1.85. The minimum Gasteiger partial charge on any atom is -0.376 e. The van der Waals surface area contributed by atoms with Gasteiger partial charge in [-0.25, -0.2) is 0 Å². The fraction of sp³-hybridized carbons (Fsp3) is 0.455. The summed E-state index contributed by atoms with van der Waals surface area (Å²) in [5.74, 6) is 0. The standard InChI is InChI=1S/C11H14BrNO2/c12-10-4-2-1-3-9(10)11(5-13)15-8-6-14-7-8/h1-4,8,11H,5-7,13H2. The lowest BCUT2D eigenvalue weighted by molar-refractivity contribution is -0.154. The molecule has 2 rings (SSSR count). The van der Waals surface area contributed by atoms with Gasteiger partial charge in [-0.2, -0.15) is 0 Å². The smallest absolute Gasteiger partial charge is 0.105 e. The first-order valence-corrected chi connectivity index (χ1v) is 5.78. The number of ether oxygens (including phenoxy) is 2. The van der Waals surface area contributed by atoms with Crippen molar-refractivity contribution in [2.75, 3.05) is 19.8 Å². The van der Waals surface area contributed by atoms with E-state index in [1.165, 1.54) is 0 Å². The molecule has 0 aliphatic carbocycles. The molecule has 1 aliphatic rings. The third-order valence-electron chi connectivity index (χ3n) is 2.43. The summed E-state index contributed by atoms with van der Waals surface area (Å²) < 4.78 is 11.9. The quantitative estimate of drug-likeness (QED) is 0.910. The van der Waals surface area contributed by atoms with Crippen molar-refractivity contribution in [3.63, 3.8) is 0 Å². The number of benzene rings is 1. The molecule has 1 fully saturated rings. The van der Waals surface area contributed by atoms with Gasteiger partial charge in [0.25, 0.3) is 0 Å². The third kappa shape index (κ3) is 2.58. The Kier molecular flexibility index (Phi) is 3.75. The van der Waals surface area contributed by atoms with Gasteiger partial charge in [0.2, 0.25) is 0 Å². The number of rotatable bonds is 4. The lowest BCUT2D eigenvalue weighted by atomic mass is 10.1. The summed E-state index contributed by atoms with van der Waals surface area (Å²) in [5.41, 5.74) is 6.82. The molecule has 15 heavy (non-hydrogen) atoms. The second-order valence-corrected chi connectivity index (χ2v) is 4.40. The van der Waals surface area contributed by atoms with E-state index in [2.05, 4.69) is 15.9 Å². The summed E-state index contributed by atoms with van der Waals surface area (Å²) in [5, 5.41) is 0. The average Bonchev–Trinajstić information content (AvgIpc) is 2.19. The maximum atomic E-state index is 5.82. The van der Waals surface area contributed by atoms with Crippen molar-refractivity contribution >= 4 is 15.9 Å². The van der Waals surface area contributed by atoms with Gasteiger partial charge >= 0.3 is 0 Å². The number of hydrogen-bond acceptors (Lipinski definition) is 3. The highest BCUT2D eigenvalue weighted by Gasteiger charge is 2.24. The van der Waals surface area contributed by atoms with Gasteiger partial charge in [-0.15, -0.1) is 0 Å². The Morgan fingerprint density at radius 3 is 2.73 bits per heavy atom. The van der Waals surface area contributed by atoms with Gasteiger partial charge in [-0.1, -0.05) is 34.1 Å². The van der Waals surface area contributed by atoms with Gasteiger partial charge in [0.15, 0.2) is 0 Å². The summed E-state index contributed by atoms with van der Waals surface area (Å²) in [7, 11) is 0. The molecule has 4 heteroatoms. The minimum absolute atomic E-state index is 0.0468. The largest absolute Gasteiger partial charge is 0.376 e. The van der Waals surface area contributed by atoms with Crippen LogP contribution in [0.3, 0.4) is 0 Å². The van der Waals surface area contributed by atoms with Crippen molar-refractivity contribution in [3.05, 3.63) is 34.3 Å². The van der Waals surface area contributed by atoms with E-state index in [4.69, 9.17) is 15.2 Å². The maximum absolute atomic E-state index is 5.82. The molecule has 1 unspecified atom stereocenters. The Hall–Kier alpha value is -0.420. The van der Waals surface area contributed by atoms with Gasteiger partial charge in [0.05, 0.1) is 19.3 Å². The molecule has 0 saturated carbocycles. The highest BCUT2D eigenvalue weighted by molar-refractivity contribution is 9.10. The SMILES string of the molecule is NCC(OC1COC1)c1ccccc1Br. The summed E-state index contributed by atoms with van der Waals surface area (Å²) in [6, 6.07) is 8.00. The van der Waals surface area contributed by atoms with Crippen molar-refractivity contribution in [1.82, 2.24) is 0 Å². The fourth-order valence-corrected chi connectivity index (χ4v) is 2.06. The van der Waals surface area contributed by atoms with E-state index >= 15 is 0 Å². The van der Waals surface area contributed by atoms with Crippen molar-refractivity contribution in [1.29, 1.82) is 0 Å². The van der Waals surface area contributed by atoms with Crippen LogP contribution >= 0.6 is 15.9 Å². The van der Waals surface area contributed by atoms with Crippen molar-refractivity contribution in [3.8, 4) is 0 Å². The molecule has 0 spiro atoms. The number of hydrogen-bond donors (Lipinski definition) is 1. The highest BCUT2D eigenvalue weighted by Crippen LogP contribution is 2.27. The Morgan fingerprint density at radius 2 is 2.20 bits per heavy atom. The van der Waals surface area contributed by atoms with E-state index in [-0.39, 0.29) is 12.2 Å². The Bertz CT molecular complexity index is 328. The lowest BCUT2D eigenvalue weighted by Crippen LogP contribution is -2.38. The van der Waals surface area contributed by atoms with E-state index in [0.717, 1.165) is 10.0 Å². The van der Waals surface area contributed by atoms with Gasteiger partial charge in [-0.05, 0) is 11.6 Å². The molecule has 0 aromatic heterocycles. The van der Waals surface area contributed by atoms with Crippen LogP contribution in [0.5, 0.6) is 0 Å². The fourth-order valence-electron chi connectivity index (χ4n) is 1.52. The normalized spacial score (nSPS) is 18.5. The molecule has 0 radical (unpaired) electrons. The molecule has 82 valence electrons. The summed E-state index contributed by atoms with van der Waals surface area (Å²) in [6.07, 6.45) is 0.153. The molecule has 1 atom stereocenters. The molecule has 1 heterocycles. The van der Waals surface area contributed by atoms with Crippen LogP contribution in [0.15, 0.2) is 28.7 Å². The predicted molar refractivity (Wildman–Crippen MR) is 61.6 cm³/mol. The molecular weight excluding hydrogens is 258 g/mol. The molecule has 1 aromatic rings. The van der Waals surface area contributed by atoms with Crippen LogP contribution in [0.1, 0.15) is 11.7 Å². The van der Waals surface area contributed by atoms with Gasteiger partial charge in [0.1, 0.15) is 6.10 Å². The molecule has 1 aliphatic heterocycles. The molecule has 0 bridgehead atoms. The Labute approximate surface area is 97.7 Å². The van der Waals surface area contributed by atoms with E-state index < -0.39 is 0 Å². The summed E-state index contributed by atoms with van der Waals surface area (Å²) in [4.78, 5) is 0. The molecule has 3 nitrogen and oxygen atoms in total. The zero-order valence-electron chi connectivity index (χ0n) is 8.36. The third-order valence-corrected chi connectivity index (χ3v) is 3.15. The van der Waals surface area contributed by atoms with Crippen molar-refractivity contribution in [2.24, 2.45) is 5.73 Å². The topological polar surface area (TPSA) is 44.5 Å². The Morgan fingerprint density at radius 1 is 1.47 bits per heavy atom. The zero-order valence-corrected chi connectivity index (χ0v) is 9.94. The first kappa shape index (κ1) is 11.1. The lowest BCUT2D eigenvalue weighted by Gasteiger charge is -2.30. The van der Waals surface area contributed by atoms with E-state index in [9.17, 15) is 0 Å². The summed E-state index contributed by atoms with van der Waals surface area (Å²) >= 11 is 3.50. The predicted octanol–water partition coefficient (Wildman–Crippen LogP) is 1.86. The van der Waals surface area contributed by atoms with Crippen LogP contribution in [0, 0.1) is 0 Å². The minimum atomic E-state index is -0.0468. The second kappa shape index (κ2) is 5.07. The van der Waals surface area contributed by atoms with Gasteiger partial charge in [-0.3, -0.25) is 0 Å². The first-order chi connectivity index (χ1) is 7.31. The van der Waals surface area contributed by atoms with Crippen LogP contribution in [0.4, 0.5) is 0 Å². The number of halogens is 1. The molecule has 1 saturated heterocycles. The van der Waals surface area contributed by atoms with Crippen LogP contribution in [-0.2, 0) is 9.47 Å². The monoisotopic (exact) mass is 271 g/mol. The molecular formula is C11H14BrNO2. The Balaban J connectivity index is 2.07. The molecule has 1 aromatic carbocycles. The van der Waals surface area contributed by atoms with E-state index in [1.54, 1.807) is 0 Å².